The van der Waals surface area contributed by atoms with Crippen LogP contribution in [-0.2, 0) is 14.4 Å². The fraction of sp³-hybridized carbons (Fsp3) is 0.286. The van der Waals surface area contributed by atoms with Crippen LogP contribution in [0.25, 0.3) is 0 Å². The van der Waals surface area contributed by atoms with E-state index < -0.39 is 43.6 Å². The standard InChI is InChI=1S/C21H21O6P/c22-19(23)16-11-15(12-17(20(24)25)18(16)21(26)27)28(13-7-3-1-4-8-13)14-9-5-2-6-10-14/h1-10,15-18H,11-12H2,(H,22,23)(H,24,25)(H,26,27). The molecule has 1 aliphatic rings. The summed E-state index contributed by atoms with van der Waals surface area (Å²) in [5, 5.41) is 30.9. The first-order valence-electron chi connectivity index (χ1n) is 8.98. The second-order valence-corrected chi connectivity index (χ2v) is 9.42. The van der Waals surface area contributed by atoms with Crippen molar-refractivity contribution in [2.24, 2.45) is 17.8 Å². The van der Waals surface area contributed by atoms with E-state index >= 15 is 0 Å². The predicted molar refractivity (Wildman–Crippen MR) is 105 cm³/mol. The van der Waals surface area contributed by atoms with Crippen LogP contribution in [-0.4, -0.2) is 38.9 Å². The molecule has 0 spiro atoms. The number of carbonyl (C=O) groups is 3. The van der Waals surface area contributed by atoms with E-state index in [1.807, 2.05) is 60.7 Å². The largest absolute Gasteiger partial charge is 0.481 e. The van der Waals surface area contributed by atoms with E-state index in [0.29, 0.717) is 0 Å². The Hall–Kier alpha value is -2.72. The number of hydrogen-bond donors (Lipinski definition) is 3. The SMILES string of the molecule is O=C(O)C1CC(P(c2ccccc2)c2ccccc2)CC(C(=O)O)C1C(=O)O. The highest BCUT2D eigenvalue weighted by Gasteiger charge is 2.50. The molecule has 2 aromatic rings. The number of carboxylic acid groups (broad SMARTS) is 3. The molecular weight excluding hydrogens is 379 g/mol. The first-order chi connectivity index (χ1) is 13.4. The van der Waals surface area contributed by atoms with E-state index in [4.69, 9.17) is 0 Å². The molecule has 1 fully saturated rings. The number of rotatable bonds is 6. The second kappa shape index (κ2) is 8.53. The first kappa shape index (κ1) is 20.0. The van der Waals surface area contributed by atoms with Crippen molar-refractivity contribution in [1.29, 1.82) is 0 Å². The Morgan fingerprint density at radius 2 is 1.07 bits per heavy atom. The lowest BCUT2D eigenvalue weighted by atomic mass is 9.71. The van der Waals surface area contributed by atoms with Crippen LogP contribution in [0.3, 0.4) is 0 Å². The zero-order valence-electron chi connectivity index (χ0n) is 15.0. The highest BCUT2D eigenvalue weighted by molar-refractivity contribution is 7.73. The maximum atomic E-state index is 11.8. The summed E-state index contributed by atoms with van der Waals surface area (Å²) in [5.74, 6) is -7.74. The third kappa shape index (κ3) is 4.07. The van der Waals surface area contributed by atoms with Crippen molar-refractivity contribution >= 4 is 36.4 Å². The van der Waals surface area contributed by atoms with Gasteiger partial charge in [0.1, 0.15) is 0 Å². The lowest BCUT2D eigenvalue weighted by molar-refractivity contribution is -0.164. The summed E-state index contributed by atoms with van der Waals surface area (Å²) in [5.41, 5.74) is -0.238. The van der Waals surface area contributed by atoms with Crippen LogP contribution in [0, 0.1) is 17.8 Å². The topological polar surface area (TPSA) is 112 Å². The Morgan fingerprint density at radius 1 is 0.679 bits per heavy atom. The summed E-state index contributed by atoms with van der Waals surface area (Å²) in [4.78, 5) is 35.3. The van der Waals surface area contributed by atoms with Gasteiger partial charge in [0, 0.05) is 0 Å². The van der Waals surface area contributed by atoms with Gasteiger partial charge in [0.05, 0.1) is 17.8 Å². The third-order valence-electron chi connectivity index (χ3n) is 5.27. The fourth-order valence-corrected chi connectivity index (χ4v) is 7.07. The van der Waals surface area contributed by atoms with Gasteiger partial charge in [0.25, 0.3) is 0 Å². The maximum absolute atomic E-state index is 11.8. The molecule has 1 saturated carbocycles. The van der Waals surface area contributed by atoms with Gasteiger partial charge in [-0.05, 0) is 37.0 Å². The molecule has 28 heavy (non-hydrogen) atoms. The Balaban J connectivity index is 2.06. The van der Waals surface area contributed by atoms with Crippen LogP contribution in [0.1, 0.15) is 12.8 Å². The summed E-state index contributed by atoms with van der Waals surface area (Å²) < 4.78 is 0. The summed E-state index contributed by atoms with van der Waals surface area (Å²) in [7, 11) is -1.03. The van der Waals surface area contributed by atoms with E-state index in [1.165, 1.54) is 0 Å². The van der Waals surface area contributed by atoms with E-state index in [2.05, 4.69) is 0 Å². The van der Waals surface area contributed by atoms with Crippen LogP contribution in [0.5, 0.6) is 0 Å². The van der Waals surface area contributed by atoms with E-state index in [0.717, 1.165) is 10.6 Å². The minimum absolute atomic E-state index is 0.144. The fourth-order valence-electron chi connectivity index (χ4n) is 4.07. The van der Waals surface area contributed by atoms with Gasteiger partial charge >= 0.3 is 17.9 Å². The molecule has 6 nitrogen and oxygen atoms in total. The monoisotopic (exact) mass is 400 g/mol. The zero-order chi connectivity index (χ0) is 20.3. The molecule has 7 heteroatoms. The molecule has 3 rings (SSSR count). The number of aliphatic carboxylic acids is 3. The maximum Gasteiger partial charge on any atom is 0.308 e. The normalized spacial score (nSPS) is 24.6. The first-order valence-corrected chi connectivity index (χ1v) is 10.4. The summed E-state index contributed by atoms with van der Waals surface area (Å²) in [6.45, 7) is 0. The minimum Gasteiger partial charge on any atom is -0.481 e. The second-order valence-electron chi connectivity index (χ2n) is 6.92. The number of carboxylic acids is 3. The molecule has 0 saturated heterocycles. The van der Waals surface area contributed by atoms with Gasteiger partial charge < -0.3 is 15.3 Å². The molecule has 0 bridgehead atoms. The molecule has 1 aliphatic carbocycles. The van der Waals surface area contributed by atoms with Crippen molar-refractivity contribution < 1.29 is 29.7 Å². The van der Waals surface area contributed by atoms with Gasteiger partial charge in [-0.25, -0.2) is 0 Å². The molecule has 3 N–H and O–H groups in total. The number of hydrogen-bond acceptors (Lipinski definition) is 3. The van der Waals surface area contributed by atoms with Crippen LogP contribution >= 0.6 is 7.92 Å². The van der Waals surface area contributed by atoms with Crippen molar-refractivity contribution in [2.45, 2.75) is 18.5 Å². The molecular formula is C21H21O6P. The lowest BCUT2D eigenvalue weighted by Gasteiger charge is -2.40. The van der Waals surface area contributed by atoms with Crippen molar-refractivity contribution in [3.8, 4) is 0 Å². The molecule has 0 amide bonds. The molecule has 0 heterocycles. The van der Waals surface area contributed by atoms with E-state index in [1.54, 1.807) is 0 Å². The highest BCUT2D eigenvalue weighted by Crippen LogP contribution is 2.50. The summed E-state index contributed by atoms with van der Waals surface area (Å²) in [6.07, 6.45) is 0.289. The van der Waals surface area contributed by atoms with Crippen molar-refractivity contribution in [2.75, 3.05) is 0 Å². The molecule has 2 unspecified atom stereocenters. The van der Waals surface area contributed by atoms with Crippen molar-refractivity contribution in [3.05, 3.63) is 60.7 Å². The molecule has 0 aliphatic heterocycles. The van der Waals surface area contributed by atoms with Gasteiger partial charge in [-0.2, -0.15) is 0 Å². The zero-order valence-corrected chi connectivity index (χ0v) is 15.9. The van der Waals surface area contributed by atoms with Crippen LogP contribution in [0.4, 0.5) is 0 Å². The Kier molecular flexibility index (Phi) is 6.10. The van der Waals surface area contributed by atoms with E-state index in [-0.39, 0.29) is 18.5 Å². The Bertz CT molecular complexity index is 790. The lowest BCUT2D eigenvalue weighted by Crippen LogP contribution is -2.46. The Morgan fingerprint density at radius 3 is 1.39 bits per heavy atom. The van der Waals surface area contributed by atoms with E-state index in [9.17, 15) is 29.7 Å². The third-order valence-corrected chi connectivity index (χ3v) is 8.13. The van der Waals surface area contributed by atoms with Crippen LogP contribution in [0.15, 0.2) is 60.7 Å². The smallest absolute Gasteiger partial charge is 0.308 e. The van der Waals surface area contributed by atoms with Gasteiger partial charge in [-0.3, -0.25) is 14.4 Å². The predicted octanol–water partition coefficient (Wildman–Crippen LogP) is 2.38. The molecule has 2 aromatic carbocycles. The van der Waals surface area contributed by atoms with Gasteiger partial charge in [0.15, 0.2) is 0 Å². The molecule has 0 radical (unpaired) electrons. The van der Waals surface area contributed by atoms with Gasteiger partial charge in [-0.15, -0.1) is 0 Å². The number of benzene rings is 2. The summed E-state index contributed by atoms with van der Waals surface area (Å²) in [6, 6.07) is 19.3. The minimum atomic E-state index is -1.42. The van der Waals surface area contributed by atoms with Crippen LogP contribution in [0.2, 0.25) is 0 Å². The van der Waals surface area contributed by atoms with Crippen LogP contribution < -0.4 is 10.6 Å². The quantitative estimate of drug-likeness (QED) is 0.642. The highest BCUT2D eigenvalue weighted by atomic mass is 31.1. The van der Waals surface area contributed by atoms with Gasteiger partial charge in [-0.1, -0.05) is 60.7 Å². The van der Waals surface area contributed by atoms with Gasteiger partial charge in [0.2, 0.25) is 0 Å². The molecule has 0 aromatic heterocycles. The average molecular weight is 400 g/mol. The molecule has 2 atom stereocenters. The Labute approximate surface area is 163 Å². The summed E-state index contributed by atoms with van der Waals surface area (Å²) >= 11 is 0. The van der Waals surface area contributed by atoms with Crippen molar-refractivity contribution in [1.82, 2.24) is 0 Å². The van der Waals surface area contributed by atoms with Crippen molar-refractivity contribution in [3.63, 3.8) is 0 Å². The average Bonchev–Trinajstić information content (AvgIpc) is 2.69. The molecule has 146 valence electrons.